The number of anilines is 1. The molecule has 1 aromatic carbocycles. The fourth-order valence-electron chi connectivity index (χ4n) is 3.44. The Bertz CT molecular complexity index is 580. The van der Waals surface area contributed by atoms with E-state index in [2.05, 4.69) is 44.2 Å². The van der Waals surface area contributed by atoms with Gasteiger partial charge >= 0.3 is 0 Å². The summed E-state index contributed by atoms with van der Waals surface area (Å²) in [5.74, 6) is 0.968. The monoisotopic (exact) mass is 332 g/mol. The highest BCUT2D eigenvalue weighted by molar-refractivity contribution is 5.95. The van der Waals surface area contributed by atoms with Gasteiger partial charge in [-0.3, -0.25) is 15.6 Å². The van der Waals surface area contributed by atoms with E-state index >= 15 is 0 Å². The minimum atomic E-state index is -0.318. The van der Waals surface area contributed by atoms with Crippen molar-refractivity contribution in [3.05, 3.63) is 24.3 Å². The van der Waals surface area contributed by atoms with Crippen LogP contribution in [-0.4, -0.2) is 70.5 Å². The number of rotatable bonds is 5. The lowest BCUT2D eigenvalue weighted by atomic mass is 10.1. The Morgan fingerprint density at radius 3 is 2.42 bits per heavy atom. The molecule has 1 aromatic rings. The number of amidine groups is 1. The van der Waals surface area contributed by atoms with Gasteiger partial charge in [-0.1, -0.05) is 12.1 Å². The second-order valence-corrected chi connectivity index (χ2v) is 6.05. The largest absolute Gasteiger partial charge is 0.378 e. The second kappa shape index (κ2) is 7.48. The molecule has 2 aliphatic heterocycles. The number of morpholine rings is 1. The molecule has 2 saturated heterocycles. The molecule has 0 spiro atoms. The van der Waals surface area contributed by atoms with Gasteiger partial charge in [0.25, 0.3) is 0 Å². The van der Waals surface area contributed by atoms with Crippen molar-refractivity contribution in [3.8, 4) is 0 Å². The van der Waals surface area contributed by atoms with E-state index in [1.807, 2.05) is 27.2 Å². The van der Waals surface area contributed by atoms with Gasteiger partial charge in [-0.15, -0.1) is 0 Å². The van der Waals surface area contributed by atoms with Gasteiger partial charge in [0.15, 0.2) is 5.84 Å². The lowest BCUT2D eigenvalue weighted by Crippen LogP contribution is -2.60. The summed E-state index contributed by atoms with van der Waals surface area (Å²) in [6, 6.07) is 8.34. The van der Waals surface area contributed by atoms with Crippen molar-refractivity contribution in [1.82, 2.24) is 21.1 Å². The van der Waals surface area contributed by atoms with E-state index in [-0.39, 0.29) is 5.66 Å². The Morgan fingerprint density at radius 1 is 1.04 bits per heavy atom. The number of nitrogens with zero attached hydrogens (tertiary/aromatic N) is 3. The molecule has 0 atom stereocenters. The molecule has 0 unspecified atom stereocenters. The highest BCUT2D eigenvalue weighted by atomic mass is 16.5. The van der Waals surface area contributed by atoms with Crippen molar-refractivity contribution in [2.45, 2.75) is 12.1 Å². The molecule has 3 N–H and O–H groups in total. The number of ether oxygens (including phenoxy) is 1. The molecule has 0 radical (unpaired) electrons. The molecule has 7 nitrogen and oxygen atoms in total. The zero-order valence-corrected chi connectivity index (χ0v) is 14.8. The lowest BCUT2D eigenvalue weighted by molar-refractivity contribution is 0.123. The summed E-state index contributed by atoms with van der Waals surface area (Å²) >= 11 is 0. The smallest absolute Gasteiger partial charge is 0.154 e. The van der Waals surface area contributed by atoms with Crippen molar-refractivity contribution in [1.29, 1.82) is 0 Å². The second-order valence-electron chi connectivity index (χ2n) is 6.05. The van der Waals surface area contributed by atoms with Gasteiger partial charge in [-0.25, -0.2) is 10.4 Å². The van der Waals surface area contributed by atoms with Crippen LogP contribution in [0.5, 0.6) is 0 Å². The SMILES string of the molecule is CNN1CCC(NC)(NC)C1=Nc1ccccc1N1CCOCC1. The number of hydrogen-bond donors (Lipinski definition) is 3. The highest BCUT2D eigenvalue weighted by Gasteiger charge is 2.42. The molecule has 2 aliphatic rings. The molecular formula is C17H28N6O. The quantitative estimate of drug-likeness (QED) is 0.684. The fourth-order valence-corrected chi connectivity index (χ4v) is 3.44. The molecule has 3 rings (SSSR count). The van der Waals surface area contributed by atoms with Gasteiger partial charge in [-0.2, -0.15) is 0 Å². The van der Waals surface area contributed by atoms with Crippen LogP contribution in [0.15, 0.2) is 29.3 Å². The zero-order chi connectivity index (χ0) is 17.0. The van der Waals surface area contributed by atoms with Crippen LogP contribution >= 0.6 is 0 Å². The summed E-state index contributed by atoms with van der Waals surface area (Å²) in [5, 5.41) is 8.91. The van der Waals surface area contributed by atoms with E-state index in [9.17, 15) is 0 Å². The maximum absolute atomic E-state index is 5.48. The maximum Gasteiger partial charge on any atom is 0.154 e. The van der Waals surface area contributed by atoms with Crippen molar-refractivity contribution in [2.24, 2.45) is 4.99 Å². The van der Waals surface area contributed by atoms with Crippen LogP contribution in [0.2, 0.25) is 0 Å². The van der Waals surface area contributed by atoms with Gasteiger partial charge in [0.1, 0.15) is 5.66 Å². The summed E-state index contributed by atoms with van der Waals surface area (Å²) in [6.45, 7) is 4.24. The number of hydrazine groups is 1. The van der Waals surface area contributed by atoms with Crippen LogP contribution < -0.4 is 21.0 Å². The van der Waals surface area contributed by atoms with E-state index in [1.54, 1.807) is 0 Å². The highest BCUT2D eigenvalue weighted by Crippen LogP contribution is 2.31. The molecule has 0 saturated carbocycles. The lowest BCUT2D eigenvalue weighted by Gasteiger charge is -2.32. The minimum absolute atomic E-state index is 0.318. The van der Waals surface area contributed by atoms with E-state index < -0.39 is 0 Å². The van der Waals surface area contributed by atoms with Gasteiger partial charge in [0.05, 0.1) is 24.6 Å². The first-order valence-electron chi connectivity index (χ1n) is 8.57. The third-order valence-electron chi connectivity index (χ3n) is 4.93. The van der Waals surface area contributed by atoms with Crippen LogP contribution in [0.4, 0.5) is 11.4 Å². The average Bonchev–Trinajstić information content (AvgIpc) is 3.01. The number of benzene rings is 1. The molecule has 7 heteroatoms. The van der Waals surface area contributed by atoms with E-state index in [0.29, 0.717) is 0 Å². The van der Waals surface area contributed by atoms with Crippen LogP contribution in [0.3, 0.4) is 0 Å². The first-order valence-corrected chi connectivity index (χ1v) is 8.57. The van der Waals surface area contributed by atoms with Crippen molar-refractivity contribution in [3.63, 3.8) is 0 Å². The summed E-state index contributed by atoms with van der Waals surface area (Å²) in [7, 11) is 5.88. The molecule has 24 heavy (non-hydrogen) atoms. The minimum Gasteiger partial charge on any atom is -0.378 e. The Kier molecular flexibility index (Phi) is 5.35. The Hall–Kier alpha value is -1.67. The molecule has 0 aliphatic carbocycles. The van der Waals surface area contributed by atoms with Crippen molar-refractivity contribution < 1.29 is 4.74 Å². The van der Waals surface area contributed by atoms with Crippen LogP contribution in [-0.2, 0) is 4.74 Å². The van der Waals surface area contributed by atoms with Gasteiger partial charge in [0, 0.05) is 33.1 Å². The summed E-state index contributed by atoms with van der Waals surface area (Å²) in [4.78, 5) is 7.40. The topological polar surface area (TPSA) is 64.2 Å². The van der Waals surface area contributed by atoms with Crippen LogP contribution in [0.25, 0.3) is 0 Å². The van der Waals surface area contributed by atoms with Gasteiger partial charge in [0.2, 0.25) is 0 Å². The Labute approximate surface area is 144 Å². The summed E-state index contributed by atoms with van der Waals surface area (Å²) in [5.41, 5.74) is 5.08. The van der Waals surface area contributed by atoms with E-state index in [0.717, 1.165) is 56.5 Å². The van der Waals surface area contributed by atoms with Crippen molar-refractivity contribution in [2.75, 3.05) is 58.9 Å². The number of aliphatic imine (C=N–C) groups is 1. The predicted molar refractivity (Wildman–Crippen MR) is 97.8 cm³/mol. The van der Waals surface area contributed by atoms with Crippen LogP contribution in [0, 0.1) is 0 Å². The molecular weight excluding hydrogens is 304 g/mol. The maximum atomic E-state index is 5.48. The van der Waals surface area contributed by atoms with Crippen molar-refractivity contribution >= 4 is 17.2 Å². The standard InChI is InChI=1S/C17H28N6O/c1-18-17(19-2)8-9-23(20-3)16(17)21-14-6-4-5-7-15(14)22-10-12-24-13-11-22/h4-7,18-20H,8-13H2,1-3H3. The third-order valence-corrected chi connectivity index (χ3v) is 4.93. The molecule has 2 heterocycles. The third kappa shape index (κ3) is 3.12. The zero-order valence-electron chi connectivity index (χ0n) is 14.8. The first-order chi connectivity index (χ1) is 11.7. The Morgan fingerprint density at radius 2 is 1.75 bits per heavy atom. The van der Waals surface area contributed by atoms with Gasteiger partial charge in [-0.05, 0) is 26.2 Å². The number of hydrogen-bond acceptors (Lipinski definition) is 6. The average molecular weight is 332 g/mol. The summed E-state index contributed by atoms with van der Waals surface area (Å²) in [6.07, 6.45) is 0.944. The Balaban J connectivity index is 1.99. The molecule has 2 fully saturated rings. The van der Waals surface area contributed by atoms with Gasteiger partial charge < -0.3 is 9.64 Å². The number of nitrogens with one attached hydrogen (secondary N) is 3. The van der Waals surface area contributed by atoms with E-state index in [1.165, 1.54) is 0 Å². The molecule has 0 amide bonds. The summed E-state index contributed by atoms with van der Waals surface area (Å²) < 4.78 is 5.48. The van der Waals surface area contributed by atoms with Crippen LogP contribution in [0.1, 0.15) is 6.42 Å². The molecule has 0 aromatic heterocycles. The molecule has 0 bridgehead atoms. The number of para-hydroxylation sites is 2. The normalized spacial score (nSPS) is 22.4. The fraction of sp³-hybridized carbons (Fsp3) is 0.588. The molecule has 132 valence electrons. The predicted octanol–water partition coefficient (Wildman–Crippen LogP) is 0.528. The van der Waals surface area contributed by atoms with E-state index in [4.69, 9.17) is 9.73 Å². The first kappa shape index (κ1) is 17.2. The number of likely N-dealkylation sites (N-methyl/N-ethyl adjacent to an activating group) is 2.